The molecule has 0 heterocycles. The van der Waals surface area contributed by atoms with E-state index in [0.29, 0.717) is 6.61 Å². The minimum Gasteiger partial charge on any atom is -0.487 e. The summed E-state index contributed by atoms with van der Waals surface area (Å²) < 4.78 is 10.7. The van der Waals surface area contributed by atoms with Gasteiger partial charge in [0, 0.05) is 6.61 Å². The molecule has 0 saturated heterocycles. The summed E-state index contributed by atoms with van der Waals surface area (Å²) in [7, 11) is 0. The summed E-state index contributed by atoms with van der Waals surface area (Å²) in [5.74, 6) is -0.413. The molecule has 1 atom stereocenters. The molecule has 0 aromatic heterocycles. The maximum absolute atomic E-state index is 11.8. The van der Waals surface area contributed by atoms with Crippen LogP contribution in [0.5, 0.6) is 0 Å². The van der Waals surface area contributed by atoms with Crippen LogP contribution in [0.2, 0.25) is 0 Å². The van der Waals surface area contributed by atoms with Crippen LogP contribution in [-0.4, -0.2) is 54.2 Å². The van der Waals surface area contributed by atoms with E-state index in [-0.39, 0.29) is 42.6 Å². The molecule has 0 fully saturated rings. The molecule has 20 heavy (non-hydrogen) atoms. The van der Waals surface area contributed by atoms with Crippen molar-refractivity contribution in [2.75, 3.05) is 26.4 Å². The maximum atomic E-state index is 11.8. The third-order valence-electron chi connectivity index (χ3n) is 2.80. The summed E-state index contributed by atoms with van der Waals surface area (Å²) in [6.45, 7) is 1.83. The number of hydrogen-bond donors (Lipinski definition) is 3. The summed E-state index contributed by atoms with van der Waals surface area (Å²) in [6.07, 6.45) is 3.60. The molecule has 112 valence electrons. The molecule has 1 aliphatic carbocycles. The van der Waals surface area contributed by atoms with Gasteiger partial charge >= 0.3 is 0 Å². The first kappa shape index (κ1) is 16.6. The van der Waals surface area contributed by atoms with E-state index in [1.165, 1.54) is 12.2 Å². The lowest BCUT2D eigenvalue weighted by Gasteiger charge is -2.23. The molecule has 3 N–H and O–H groups in total. The molecule has 6 heteroatoms. The van der Waals surface area contributed by atoms with E-state index in [2.05, 4.69) is 0 Å². The number of ketones is 1. The van der Waals surface area contributed by atoms with E-state index in [9.17, 15) is 9.90 Å². The SMILES string of the molecule is CCCCOC(CO)C1=C(OCCO)C(=O)C=CC1=N. The fourth-order valence-corrected chi connectivity index (χ4v) is 1.79. The standard InChI is InChI=1S/C14H21NO5/c1-2-3-7-19-12(9-17)13-10(15)4-5-11(18)14(13)20-8-6-16/h4-5,12,15-17H,2-3,6-9H2,1H3. The largest absolute Gasteiger partial charge is 0.487 e. The third-order valence-corrected chi connectivity index (χ3v) is 2.80. The minimum absolute atomic E-state index is 0.0258. The Morgan fingerprint density at radius 1 is 1.30 bits per heavy atom. The quantitative estimate of drug-likeness (QED) is 0.425. The van der Waals surface area contributed by atoms with Crippen LogP contribution in [0.25, 0.3) is 0 Å². The van der Waals surface area contributed by atoms with Crippen molar-refractivity contribution in [3.8, 4) is 0 Å². The van der Waals surface area contributed by atoms with Gasteiger partial charge in [0.15, 0.2) is 5.76 Å². The number of rotatable bonds is 9. The van der Waals surface area contributed by atoms with Gasteiger partial charge in [0.1, 0.15) is 12.7 Å². The molecule has 0 saturated carbocycles. The van der Waals surface area contributed by atoms with Crippen LogP contribution in [0.1, 0.15) is 19.8 Å². The molecule has 0 aromatic rings. The molecule has 6 nitrogen and oxygen atoms in total. The fraction of sp³-hybridized carbons (Fsp3) is 0.571. The Labute approximate surface area is 118 Å². The first-order valence-electron chi connectivity index (χ1n) is 6.67. The van der Waals surface area contributed by atoms with Crippen LogP contribution in [0.15, 0.2) is 23.5 Å². The van der Waals surface area contributed by atoms with E-state index < -0.39 is 6.10 Å². The highest BCUT2D eigenvalue weighted by atomic mass is 16.5. The van der Waals surface area contributed by atoms with E-state index in [4.69, 9.17) is 20.0 Å². The number of aliphatic hydroxyl groups excluding tert-OH is 2. The minimum atomic E-state index is -0.767. The highest BCUT2D eigenvalue weighted by Gasteiger charge is 2.28. The van der Waals surface area contributed by atoms with E-state index in [0.717, 1.165) is 12.8 Å². The zero-order chi connectivity index (χ0) is 15.0. The van der Waals surface area contributed by atoms with Crippen LogP contribution < -0.4 is 0 Å². The Morgan fingerprint density at radius 3 is 2.65 bits per heavy atom. The second kappa shape index (κ2) is 8.63. The molecule has 0 radical (unpaired) electrons. The van der Waals surface area contributed by atoms with Crippen molar-refractivity contribution in [3.05, 3.63) is 23.5 Å². The fourth-order valence-electron chi connectivity index (χ4n) is 1.79. The van der Waals surface area contributed by atoms with Crippen molar-refractivity contribution >= 4 is 11.5 Å². The summed E-state index contributed by atoms with van der Waals surface area (Å²) in [5.41, 5.74) is 0.317. The molecule has 1 aliphatic rings. The molecule has 1 rings (SSSR count). The highest BCUT2D eigenvalue weighted by Crippen LogP contribution is 2.21. The topological polar surface area (TPSA) is 99.8 Å². The number of carbonyl (C=O) groups is 1. The zero-order valence-corrected chi connectivity index (χ0v) is 11.6. The number of aliphatic hydroxyl groups is 2. The average Bonchev–Trinajstić information content (AvgIpc) is 2.45. The lowest BCUT2D eigenvalue weighted by atomic mass is 9.96. The highest BCUT2D eigenvalue weighted by molar-refractivity contribution is 6.20. The van der Waals surface area contributed by atoms with Crippen molar-refractivity contribution in [2.24, 2.45) is 0 Å². The summed E-state index contributed by atoms with van der Waals surface area (Å²) in [6, 6.07) is 0. The van der Waals surface area contributed by atoms with Gasteiger partial charge in [-0.2, -0.15) is 0 Å². The van der Waals surface area contributed by atoms with Crippen LogP contribution in [0, 0.1) is 5.41 Å². The number of hydrogen-bond acceptors (Lipinski definition) is 6. The molecule has 0 aromatic carbocycles. The van der Waals surface area contributed by atoms with E-state index in [1.54, 1.807) is 0 Å². The van der Waals surface area contributed by atoms with Gasteiger partial charge in [-0.05, 0) is 18.6 Å². The van der Waals surface area contributed by atoms with Crippen LogP contribution in [0.3, 0.4) is 0 Å². The Morgan fingerprint density at radius 2 is 2.05 bits per heavy atom. The van der Waals surface area contributed by atoms with Gasteiger partial charge < -0.3 is 25.1 Å². The number of unbranched alkanes of at least 4 members (excludes halogenated alkanes) is 1. The Bertz CT molecular complexity index is 414. The molecule has 0 amide bonds. The molecule has 0 aliphatic heterocycles. The van der Waals surface area contributed by atoms with Gasteiger partial charge in [-0.15, -0.1) is 0 Å². The number of nitrogens with one attached hydrogen (secondary N) is 1. The predicted molar refractivity (Wildman–Crippen MR) is 73.7 cm³/mol. The first-order valence-corrected chi connectivity index (χ1v) is 6.67. The van der Waals surface area contributed by atoms with Crippen molar-refractivity contribution in [1.29, 1.82) is 5.41 Å². The predicted octanol–water partition coefficient (Wildman–Crippen LogP) is 0.586. The Kier molecular flexibility index (Phi) is 7.14. The maximum Gasteiger partial charge on any atom is 0.220 e. The normalized spacial score (nSPS) is 16.8. The molecular weight excluding hydrogens is 262 g/mol. The summed E-state index contributed by atoms with van der Waals surface area (Å²) in [5, 5.41) is 26.1. The van der Waals surface area contributed by atoms with Gasteiger partial charge in [0.2, 0.25) is 5.78 Å². The van der Waals surface area contributed by atoms with E-state index >= 15 is 0 Å². The first-order chi connectivity index (χ1) is 9.65. The molecule has 0 bridgehead atoms. The van der Waals surface area contributed by atoms with Crippen LogP contribution in [-0.2, 0) is 14.3 Å². The van der Waals surface area contributed by atoms with Crippen molar-refractivity contribution < 1.29 is 24.5 Å². The Hall–Kier alpha value is -1.50. The van der Waals surface area contributed by atoms with Crippen molar-refractivity contribution in [1.82, 2.24) is 0 Å². The average molecular weight is 283 g/mol. The Balaban J connectivity index is 2.95. The summed E-state index contributed by atoms with van der Waals surface area (Å²) >= 11 is 0. The van der Waals surface area contributed by atoms with Crippen LogP contribution in [0.4, 0.5) is 0 Å². The molecule has 0 spiro atoms. The van der Waals surface area contributed by atoms with E-state index in [1.807, 2.05) is 6.92 Å². The van der Waals surface area contributed by atoms with Crippen molar-refractivity contribution in [2.45, 2.75) is 25.9 Å². The van der Waals surface area contributed by atoms with Crippen LogP contribution >= 0.6 is 0 Å². The lowest BCUT2D eigenvalue weighted by molar-refractivity contribution is -0.115. The van der Waals surface area contributed by atoms with Gasteiger partial charge in [-0.1, -0.05) is 13.3 Å². The van der Waals surface area contributed by atoms with Gasteiger partial charge in [-0.25, -0.2) is 0 Å². The zero-order valence-electron chi connectivity index (χ0n) is 11.6. The smallest absolute Gasteiger partial charge is 0.220 e. The van der Waals surface area contributed by atoms with Gasteiger partial charge in [0.25, 0.3) is 0 Å². The monoisotopic (exact) mass is 283 g/mol. The number of carbonyl (C=O) groups excluding carboxylic acids is 1. The molecule has 1 unspecified atom stereocenters. The second-order valence-corrected chi connectivity index (χ2v) is 4.32. The lowest BCUT2D eigenvalue weighted by Crippen LogP contribution is -2.30. The molecular formula is C14H21NO5. The van der Waals surface area contributed by atoms with Crippen molar-refractivity contribution in [3.63, 3.8) is 0 Å². The second-order valence-electron chi connectivity index (χ2n) is 4.32. The van der Waals surface area contributed by atoms with Gasteiger partial charge in [0.05, 0.1) is 24.5 Å². The number of ether oxygens (including phenoxy) is 2. The summed E-state index contributed by atoms with van der Waals surface area (Å²) in [4.78, 5) is 11.8. The third kappa shape index (κ3) is 4.26. The van der Waals surface area contributed by atoms with Gasteiger partial charge in [-0.3, -0.25) is 4.79 Å². The number of allylic oxidation sites excluding steroid dienone is 2.